The highest BCUT2D eigenvalue weighted by Gasteiger charge is 2.36. The number of rotatable bonds is 6. The summed E-state index contributed by atoms with van der Waals surface area (Å²) in [7, 11) is 1.41. The fraction of sp³-hybridized carbons (Fsp3) is 0.161. The number of imidazole rings is 2. The van der Waals surface area contributed by atoms with Gasteiger partial charge in [-0.15, -0.1) is 0 Å². The van der Waals surface area contributed by atoms with E-state index in [0.29, 0.717) is 21.9 Å². The Morgan fingerprint density at radius 1 is 0.689 bits per heavy atom. The fourth-order valence-corrected chi connectivity index (χ4v) is 5.25. The van der Waals surface area contributed by atoms with Crippen LogP contribution < -0.4 is 4.74 Å². The summed E-state index contributed by atoms with van der Waals surface area (Å²) in [6.07, 6.45) is -12.1. The van der Waals surface area contributed by atoms with E-state index in [9.17, 15) is 36.6 Å². The number of nitrogens with zero attached hydrogens (tertiary/aromatic N) is 4. The molecule has 0 saturated heterocycles. The van der Waals surface area contributed by atoms with Crippen molar-refractivity contribution in [2.45, 2.75) is 24.6 Å². The molecular formula is C31H21ClF6N4O3. The van der Waals surface area contributed by atoms with Gasteiger partial charge in [0.25, 0.3) is 0 Å². The van der Waals surface area contributed by atoms with Crippen LogP contribution in [0.4, 0.5) is 26.3 Å². The third-order valence-corrected chi connectivity index (χ3v) is 7.54. The lowest BCUT2D eigenvalue weighted by atomic mass is 9.99. The maximum Gasteiger partial charge on any atom is 0.417 e. The van der Waals surface area contributed by atoms with Crippen LogP contribution in [-0.2, 0) is 12.4 Å². The van der Waals surface area contributed by atoms with Crippen molar-refractivity contribution < 1.29 is 41.3 Å². The molecule has 0 aliphatic rings. The molecule has 0 spiro atoms. The molecule has 2 unspecified atom stereocenters. The normalized spacial score (nSPS) is 13.8. The number of halogens is 7. The van der Waals surface area contributed by atoms with Crippen molar-refractivity contribution >= 4 is 22.9 Å². The lowest BCUT2D eigenvalue weighted by Gasteiger charge is -2.21. The first-order chi connectivity index (χ1) is 21.3. The van der Waals surface area contributed by atoms with Crippen molar-refractivity contribution in [3.63, 3.8) is 0 Å². The molecule has 14 heteroatoms. The number of pyridine rings is 2. The van der Waals surface area contributed by atoms with Crippen LogP contribution >= 0.6 is 11.6 Å². The average molecular weight is 647 g/mol. The second-order valence-electron chi connectivity index (χ2n) is 10.1. The Kier molecular flexibility index (Phi) is 7.50. The fourth-order valence-electron chi connectivity index (χ4n) is 5.13. The minimum Gasteiger partial charge on any atom is -0.497 e. The predicted octanol–water partition coefficient (Wildman–Crippen LogP) is 7.78. The molecule has 2 aromatic carbocycles. The molecule has 0 bridgehead atoms. The van der Waals surface area contributed by atoms with Gasteiger partial charge in [-0.25, -0.2) is 9.97 Å². The molecule has 7 nitrogen and oxygen atoms in total. The van der Waals surface area contributed by atoms with E-state index >= 15 is 0 Å². The van der Waals surface area contributed by atoms with Crippen LogP contribution in [0.3, 0.4) is 0 Å². The first-order valence-electron chi connectivity index (χ1n) is 13.2. The predicted molar refractivity (Wildman–Crippen MR) is 153 cm³/mol. The molecule has 0 aliphatic heterocycles. The molecule has 45 heavy (non-hydrogen) atoms. The van der Waals surface area contributed by atoms with Crippen LogP contribution in [0.5, 0.6) is 5.75 Å². The van der Waals surface area contributed by atoms with E-state index in [1.807, 2.05) is 0 Å². The van der Waals surface area contributed by atoms with E-state index in [1.165, 1.54) is 37.4 Å². The molecule has 0 saturated carbocycles. The van der Waals surface area contributed by atoms with E-state index in [-0.39, 0.29) is 34.1 Å². The summed E-state index contributed by atoms with van der Waals surface area (Å²) < 4.78 is 89.8. The molecule has 4 heterocycles. The van der Waals surface area contributed by atoms with Crippen molar-refractivity contribution in [3.05, 3.63) is 113 Å². The van der Waals surface area contributed by atoms with Crippen molar-refractivity contribution in [1.29, 1.82) is 0 Å². The lowest BCUT2D eigenvalue weighted by molar-refractivity contribution is -0.138. The van der Waals surface area contributed by atoms with E-state index in [2.05, 4.69) is 9.97 Å². The Hall–Kier alpha value is -4.59. The van der Waals surface area contributed by atoms with Gasteiger partial charge in [0, 0.05) is 28.5 Å². The van der Waals surface area contributed by atoms with Crippen LogP contribution in [-0.4, -0.2) is 36.1 Å². The Morgan fingerprint density at radius 3 is 1.64 bits per heavy atom. The van der Waals surface area contributed by atoms with Crippen LogP contribution in [0, 0.1) is 0 Å². The average Bonchev–Trinajstić information content (AvgIpc) is 3.58. The number of methoxy groups -OCH3 is 1. The molecule has 2 atom stereocenters. The summed E-state index contributed by atoms with van der Waals surface area (Å²) in [5.41, 5.74) is -1.87. The quantitative estimate of drug-likeness (QED) is 0.181. The number of hydrogen-bond donors (Lipinski definition) is 2. The van der Waals surface area contributed by atoms with Gasteiger partial charge in [-0.1, -0.05) is 35.9 Å². The van der Waals surface area contributed by atoms with Crippen LogP contribution in [0.1, 0.15) is 34.7 Å². The smallest absolute Gasteiger partial charge is 0.417 e. The number of aliphatic hydroxyl groups is 2. The minimum absolute atomic E-state index is 0.0116. The molecule has 0 amide bonds. The number of benzene rings is 2. The van der Waals surface area contributed by atoms with Crippen molar-refractivity contribution in [2.24, 2.45) is 0 Å². The van der Waals surface area contributed by atoms with Crippen LogP contribution in [0.15, 0.2) is 85.2 Å². The van der Waals surface area contributed by atoms with E-state index in [4.69, 9.17) is 16.3 Å². The van der Waals surface area contributed by atoms with Gasteiger partial charge in [0.1, 0.15) is 29.3 Å². The van der Waals surface area contributed by atoms with Crippen molar-refractivity contribution in [3.8, 4) is 28.3 Å². The van der Waals surface area contributed by atoms with Crippen molar-refractivity contribution in [2.75, 3.05) is 7.11 Å². The number of aromatic nitrogens is 4. The largest absolute Gasteiger partial charge is 0.497 e. The molecular weight excluding hydrogens is 626 g/mol. The van der Waals surface area contributed by atoms with Gasteiger partial charge in [-0.2, -0.15) is 26.3 Å². The summed E-state index contributed by atoms with van der Waals surface area (Å²) in [6, 6.07) is 16.3. The Labute approximate surface area is 255 Å². The number of aliphatic hydroxyl groups excluding tert-OH is 2. The first-order valence-corrected chi connectivity index (χ1v) is 13.6. The van der Waals surface area contributed by atoms with Gasteiger partial charge in [0.15, 0.2) is 0 Å². The van der Waals surface area contributed by atoms with Crippen molar-refractivity contribution in [1.82, 2.24) is 18.8 Å². The first kappa shape index (κ1) is 30.4. The monoisotopic (exact) mass is 646 g/mol. The van der Waals surface area contributed by atoms with E-state index in [1.54, 1.807) is 18.2 Å². The Morgan fingerprint density at radius 2 is 1.18 bits per heavy atom. The highest BCUT2D eigenvalue weighted by molar-refractivity contribution is 6.30. The van der Waals surface area contributed by atoms with Gasteiger partial charge in [0.05, 0.1) is 41.0 Å². The van der Waals surface area contributed by atoms with E-state index < -0.39 is 35.7 Å². The highest BCUT2D eigenvalue weighted by atomic mass is 35.5. The molecule has 232 valence electrons. The van der Waals surface area contributed by atoms with Gasteiger partial charge < -0.3 is 23.8 Å². The number of alkyl halides is 6. The third-order valence-electron chi connectivity index (χ3n) is 7.29. The number of ether oxygens (including phenoxy) is 1. The molecule has 6 rings (SSSR count). The SMILES string of the molecule is COc1cccc(-c2nc3ccc(C(F)(F)F)cn3c2C(O)C(O)c2c(-c3ccc(Cl)cc3)nc3ccc(C(F)(F)F)cn23)c1. The zero-order chi connectivity index (χ0) is 32.3. The van der Waals surface area contributed by atoms with Crippen LogP contribution in [0.2, 0.25) is 5.02 Å². The second-order valence-corrected chi connectivity index (χ2v) is 10.5. The second kappa shape index (κ2) is 11.1. The Balaban J connectivity index is 1.61. The lowest BCUT2D eigenvalue weighted by Crippen LogP contribution is -2.17. The van der Waals surface area contributed by atoms with Gasteiger partial charge >= 0.3 is 12.4 Å². The molecule has 0 radical (unpaired) electrons. The highest BCUT2D eigenvalue weighted by Crippen LogP contribution is 2.42. The maximum absolute atomic E-state index is 13.8. The Bertz CT molecular complexity index is 2040. The molecule has 0 fully saturated rings. The third kappa shape index (κ3) is 5.58. The molecule has 4 aromatic heterocycles. The van der Waals surface area contributed by atoms with Gasteiger partial charge in [0.2, 0.25) is 0 Å². The summed E-state index contributed by atoms with van der Waals surface area (Å²) in [5, 5.41) is 24.0. The summed E-state index contributed by atoms with van der Waals surface area (Å²) >= 11 is 6.03. The van der Waals surface area contributed by atoms with Gasteiger partial charge in [-0.3, -0.25) is 0 Å². The summed E-state index contributed by atoms with van der Waals surface area (Å²) in [6.45, 7) is 0. The summed E-state index contributed by atoms with van der Waals surface area (Å²) in [4.78, 5) is 8.87. The topological polar surface area (TPSA) is 84.3 Å². The number of hydrogen-bond acceptors (Lipinski definition) is 5. The zero-order valence-electron chi connectivity index (χ0n) is 23.0. The molecule has 0 aliphatic carbocycles. The van der Waals surface area contributed by atoms with Gasteiger partial charge in [-0.05, 0) is 48.5 Å². The molecule has 2 N–H and O–H groups in total. The standard InChI is InChI=1S/C31H21ClF6N4O3/c1-45-21-4-2-3-17(13-21)25-27(42-15-19(31(36,37)38)8-12-23(42)40-25)29(44)28(43)26-24(16-5-9-20(32)10-6-16)39-22-11-7-18(14-41(22)26)30(33,34)35/h2-15,28-29,43-44H,1H3. The summed E-state index contributed by atoms with van der Waals surface area (Å²) in [5.74, 6) is 0.382. The number of fused-ring (bicyclic) bond motifs is 2. The van der Waals surface area contributed by atoms with E-state index in [0.717, 1.165) is 45.5 Å². The maximum atomic E-state index is 13.8. The minimum atomic E-state index is -4.76. The van der Waals surface area contributed by atoms with Crippen LogP contribution in [0.25, 0.3) is 33.8 Å². The zero-order valence-corrected chi connectivity index (χ0v) is 23.7. The molecule has 6 aromatic rings.